The first-order chi connectivity index (χ1) is 8.86. The molecule has 1 heterocycles. The van der Waals surface area contributed by atoms with E-state index >= 15 is 0 Å². The molecular weight excluding hydrogens is 235 g/mol. The van der Waals surface area contributed by atoms with Crippen LogP contribution >= 0.6 is 0 Å². The van der Waals surface area contributed by atoms with Gasteiger partial charge in [-0.25, -0.2) is 0 Å². The molecule has 0 aromatic rings. The molecule has 1 saturated heterocycles. The van der Waals surface area contributed by atoms with Crippen LogP contribution in [0.1, 0.15) is 73.1 Å². The Morgan fingerprint density at radius 3 is 2.32 bits per heavy atom. The van der Waals surface area contributed by atoms with Crippen LogP contribution in [0, 0.1) is 0 Å². The number of allylic oxidation sites excluding steroid dienone is 2. The van der Waals surface area contributed by atoms with Crippen molar-refractivity contribution in [3.8, 4) is 0 Å². The third-order valence-corrected chi connectivity index (χ3v) is 5.05. The van der Waals surface area contributed by atoms with Gasteiger partial charge in [0.2, 0.25) is 0 Å². The Labute approximate surface area is 119 Å². The van der Waals surface area contributed by atoms with Gasteiger partial charge in [0.15, 0.2) is 0 Å². The highest BCUT2D eigenvalue weighted by molar-refractivity contribution is 6.47. The summed E-state index contributed by atoms with van der Waals surface area (Å²) in [5, 5.41) is 0. The van der Waals surface area contributed by atoms with Crippen LogP contribution < -0.4 is 0 Å². The van der Waals surface area contributed by atoms with E-state index in [9.17, 15) is 0 Å². The lowest BCUT2D eigenvalue weighted by Crippen LogP contribution is -2.41. The third kappa shape index (κ3) is 3.25. The van der Waals surface area contributed by atoms with Gasteiger partial charge in [-0.05, 0) is 65.6 Å². The summed E-state index contributed by atoms with van der Waals surface area (Å²) in [5.74, 6) is 0.534. The zero-order valence-corrected chi connectivity index (χ0v) is 13.3. The van der Waals surface area contributed by atoms with E-state index in [1.54, 1.807) is 5.57 Å². The number of hydrogen-bond donors (Lipinski definition) is 0. The largest absolute Gasteiger partial charge is 0.461 e. The molecule has 2 nitrogen and oxygen atoms in total. The van der Waals surface area contributed by atoms with Crippen LogP contribution in [0.2, 0.25) is 5.82 Å². The lowest BCUT2D eigenvalue weighted by atomic mass is 9.65. The lowest BCUT2D eigenvalue weighted by Gasteiger charge is -2.32. The average Bonchev–Trinajstić information content (AvgIpc) is 2.56. The molecule has 3 heteroatoms. The summed E-state index contributed by atoms with van der Waals surface area (Å²) in [6.07, 6.45) is 9.91. The Morgan fingerprint density at radius 1 is 1.21 bits per heavy atom. The molecule has 0 amide bonds. The highest BCUT2D eigenvalue weighted by Gasteiger charge is 2.53. The quantitative estimate of drug-likeness (QED) is 0.539. The summed E-state index contributed by atoms with van der Waals surface area (Å²) in [6, 6.07) is 0. The van der Waals surface area contributed by atoms with E-state index in [0.717, 1.165) is 6.42 Å². The Bertz CT molecular complexity index is 331. The first-order valence-electron chi connectivity index (χ1n) is 7.89. The van der Waals surface area contributed by atoms with Gasteiger partial charge in [-0.2, -0.15) is 0 Å². The highest BCUT2D eigenvalue weighted by atomic mass is 16.7. The minimum Gasteiger partial charge on any atom is -0.403 e. The molecule has 1 aliphatic heterocycles. The predicted octanol–water partition coefficient (Wildman–Crippen LogP) is 4.75. The average molecular weight is 264 g/mol. The molecule has 0 N–H and O–H groups in total. The van der Waals surface area contributed by atoms with Gasteiger partial charge in [-0.15, -0.1) is 0 Å². The second-order valence-electron chi connectivity index (χ2n) is 7.13. The highest BCUT2D eigenvalue weighted by Crippen LogP contribution is 2.43. The smallest absolute Gasteiger partial charge is 0.403 e. The maximum absolute atomic E-state index is 6.17. The molecule has 1 fully saturated rings. The molecule has 0 spiro atoms. The standard InChI is InChI=1S/C16H29BO2/c1-6-7-8-13-9-11-14(12-10-13)17-18-15(2,3)16(4,5)19-17/h9,14H,6-8,10-12H2,1-5H3/t14-/m1/s1. The third-order valence-electron chi connectivity index (χ3n) is 5.05. The fourth-order valence-electron chi connectivity index (χ4n) is 2.87. The van der Waals surface area contributed by atoms with E-state index in [1.807, 2.05) is 0 Å². The second kappa shape index (κ2) is 5.61. The number of hydrogen-bond acceptors (Lipinski definition) is 2. The maximum Gasteiger partial charge on any atom is 0.461 e. The van der Waals surface area contributed by atoms with Crippen molar-refractivity contribution in [1.29, 1.82) is 0 Å². The van der Waals surface area contributed by atoms with Crippen molar-refractivity contribution >= 4 is 7.12 Å². The fraction of sp³-hybridized carbons (Fsp3) is 0.875. The SMILES string of the molecule is CCCCC1=CC[C@@H](B2OC(C)(C)C(C)(C)O2)CC1. The molecule has 0 bridgehead atoms. The molecule has 0 radical (unpaired) electrons. The summed E-state index contributed by atoms with van der Waals surface area (Å²) >= 11 is 0. The van der Waals surface area contributed by atoms with Crippen molar-refractivity contribution in [3.05, 3.63) is 11.6 Å². The molecule has 19 heavy (non-hydrogen) atoms. The Morgan fingerprint density at radius 2 is 1.84 bits per heavy atom. The van der Waals surface area contributed by atoms with Crippen LogP contribution in [0.15, 0.2) is 11.6 Å². The van der Waals surface area contributed by atoms with E-state index in [4.69, 9.17) is 9.31 Å². The van der Waals surface area contributed by atoms with Crippen LogP contribution in [0.4, 0.5) is 0 Å². The lowest BCUT2D eigenvalue weighted by molar-refractivity contribution is 0.00578. The summed E-state index contributed by atoms with van der Waals surface area (Å²) < 4.78 is 12.3. The number of rotatable bonds is 4. The topological polar surface area (TPSA) is 18.5 Å². The van der Waals surface area contributed by atoms with Crippen LogP contribution in [-0.4, -0.2) is 18.3 Å². The molecule has 0 aromatic carbocycles. The van der Waals surface area contributed by atoms with E-state index < -0.39 is 0 Å². The molecule has 2 rings (SSSR count). The Hall–Kier alpha value is -0.275. The molecule has 0 unspecified atom stereocenters. The molecule has 108 valence electrons. The van der Waals surface area contributed by atoms with Crippen molar-refractivity contribution in [2.75, 3.05) is 0 Å². The Kier molecular flexibility index (Phi) is 4.47. The van der Waals surface area contributed by atoms with E-state index in [1.165, 1.54) is 32.1 Å². The zero-order chi connectivity index (χ0) is 14.1. The van der Waals surface area contributed by atoms with Gasteiger partial charge in [-0.3, -0.25) is 0 Å². The molecule has 1 atom stereocenters. The van der Waals surface area contributed by atoms with Gasteiger partial charge in [0.25, 0.3) is 0 Å². The molecule has 1 aliphatic carbocycles. The second-order valence-corrected chi connectivity index (χ2v) is 7.13. The van der Waals surface area contributed by atoms with Gasteiger partial charge in [0, 0.05) is 0 Å². The summed E-state index contributed by atoms with van der Waals surface area (Å²) in [7, 11) is -0.0195. The van der Waals surface area contributed by atoms with Crippen LogP contribution in [-0.2, 0) is 9.31 Å². The molecule has 0 saturated carbocycles. The zero-order valence-electron chi connectivity index (χ0n) is 13.3. The van der Waals surface area contributed by atoms with E-state index in [-0.39, 0.29) is 18.3 Å². The van der Waals surface area contributed by atoms with Gasteiger partial charge in [0.1, 0.15) is 0 Å². The summed E-state index contributed by atoms with van der Waals surface area (Å²) in [6.45, 7) is 10.8. The maximum atomic E-state index is 6.17. The van der Waals surface area contributed by atoms with E-state index in [2.05, 4.69) is 40.7 Å². The van der Waals surface area contributed by atoms with Crippen LogP contribution in [0.25, 0.3) is 0 Å². The minimum atomic E-state index is -0.191. The van der Waals surface area contributed by atoms with Crippen LogP contribution in [0.5, 0.6) is 0 Å². The van der Waals surface area contributed by atoms with E-state index in [0.29, 0.717) is 5.82 Å². The normalized spacial score (nSPS) is 29.4. The monoisotopic (exact) mass is 264 g/mol. The van der Waals surface area contributed by atoms with Gasteiger partial charge in [0.05, 0.1) is 11.2 Å². The minimum absolute atomic E-state index is 0.0195. The first-order valence-corrected chi connectivity index (χ1v) is 7.89. The van der Waals surface area contributed by atoms with Gasteiger partial charge >= 0.3 is 7.12 Å². The summed E-state index contributed by atoms with van der Waals surface area (Å²) in [5.41, 5.74) is 1.27. The first kappa shape index (κ1) is 15.1. The molecular formula is C16H29BO2. The van der Waals surface area contributed by atoms with Crippen molar-refractivity contribution in [2.45, 2.75) is 90.2 Å². The van der Waals surface area contributed by atoms with Crippen molar-refractivity contribution in [3.63, 3.8) is 0 Å². The van der Waals surface area contributed by atoms with Crippen molar-refractivity contribution < 1.29 is 9.31 Å². The van der Waals surface area contributed by atoms with Crippen LogP contribution in [0.3, 0.4) is 0 Å². The van der Waals surface area contributed by atoms with Crippen molar-refractivity contribution in [2.24, 2.45) is 0 Å². The fourth-order valence-corrected chi connectivity index (χ4v) is 2.87. The number of unbranched alkanes of at least 4 members (excludes halogenated alkanes) is 1. The molecule has 0 aromatic heterocycles. The Balaban J connectivity index is 1.91. The van der Waals surface area contributed by atoms with Gasteiger partial charge < -0.3 is 9.31 Å². The predicted molar refractivity (Wildman–Crippen MR) is 81.3 cm³/mol. The van der Waals surface area contributed by atoms with Gasteiger partial charge in [-0.1, -0.05) is 25.0 Å². The molecule has 2 aliphatic rings. The summed E-state index contributed by atoms with van der Waals surface area (Å²) in [4.78, 5) is 0. The van der Waals surface area contributed by atoms with Crippen molar-refractivity contribution in [1.82, 2.24) is 0 Å².